The molecule has 0 radical (unpaired) electrons. The molecular formula is C19H18FNO3. The minimum Gasteiger partial charge on any atom is -0.375 e. The van der Waals surface area contributed by atoms with Crippen molar-refractivity contribution in [2.24, 2.45) is 0 Å². The topological polar surface area (TPSA) is 66.4 Å². The highest BCUT2D eigenvalue weighted by Gasteiger charge is 2.47. The number of hydrogen-bond acceptors (Lipinski definition) is 3. The predicted octanol–water partition coefficient (Wildman–Crippen LogP) is 3.36. The zero-order valence-corrected chi connectivity index (χ0v) is 13.5. The number of fused-ring (bicyclic) bond motifs is 1. The van der Waals surface area contributed by atoms with Crippen LogP contribution in [0.3, 0.4) is 0 Å². The highest BCUT2D eigenvalue weighted by molar-refractivity contribution is 6.09. The molecule has 3 rings (SSSR count). The molecule has 2 N–H and O–H groups in total. The molecule has 2 aromatic carbocycles. The number of anilines is 1. The number of amides is 1. The Morgan fingerprint density at radius 3 is 2.50 bits per heavy atom. The fraction of sp³-hybridized carbons (Fsp3) is 0.263. The highest BCUT2D eigenvalue weighted by Crippen LogP contribution is 2.39. The third-order valence-electron chi connectivity index (χ3n) is 4.37. The van der Waals surface area contributed by atoms with Crippen LogP contribution in [0.15, 0.2) is 42.5 Å². The summed E-state index contributed by atoms with van der Waals surface area (Å²) in [5, 5.41) is 13.2. The van der Waals surface area contributed by atoms with Crippen molar-refractivity contribution >= 4 is 17.4 Å². The Morgan fingerprint density at radius 1 is 1.21 bits per heavy atom. The van der Waals surface area contributed by atoms with Crippen LogP contribution in [0.5, 0.6) is 0 Å². The molecule has 1 aliphatic rings. The van der Waals surface area contributed by atoms with Crippen LogP contribution in [-0.2, 0) is 10.4 Å². The van der Waals surface area contributed by atoms with E-state index in [1.165, 1.54) is 12.1 Å². The van der Waals surface area contributed by atoms with Crippen molar-refractivity contribution in [3.63, 3.8) is 0 Å². The van der Waals surface area contributed by atoms with Gasteiger partial charge < -0.3 is 10.4 Å². The summed E-state index contributed by atoms with van der Waals surface area (Å²) < 4.78 is 13.5. The molecule has 2 aromatic rings. The molecule has 124 valence electrons. The van der Waals surface area contributed by atoms with Gasteiger partial charge in [0.05, 0.1) is 6.42 Å². The second kappa shape index (κ2) is 5.83. The molecule has 1 atom stereocenters. The minimum absolute atomic E-state index is 0.0969. The molecule has 1 heterocycles. The van der Waals surface area contributed by atoms with Gasteiger partial charge in [-0.05, 0) is 29.7 Å². The van der Waals surface area contributed by atoms with Crippen LogP contribution in [0.2, 0.25) is 0 Å². The van der Waals surface area contributed by atoms with E-state index in [-0.39, 0.29) is 11.3 Å². The van der Waals surface area contributed by atoms with Crippen LogP contribution >= 0.6 is 0 Å². The van der Waals surface area contributed by atoms with E-state index in [0.29, 0.717) is 17.2 Å². The van der Waals surface area contributed by atoms with Crippen molar-refractivity contribution in [2.75, 3.05) is 5.32 Å². The minimum atomic E-state index is -2.05. The molecule has 0 aromatic heterocycles. The summed E-state index contributed by atoms with van der Waals surface area (Å²) in [6.45, 7) is 4.10. The van der Waals surface area contributed by atoms with E-state index in [0.717, 1.165) is 11.6 Å². The number of nitrogens with one attached hydrogen (secondary N) is 1. The Morgan fingerprint density at radius 2 is 1.88 bits per heavy atom. The summed E-state index contributed by atoms with van der Waals surface area (Å²) in [7, 11) is 0. The fourth-order valence-electron chi connectivity index (χ4n) is 2.88. The first-order chi connectivity index (χ1) is 11.3. The third-order valence-corrected chi connectivity index (χ3v) is 4.37. The number of aliphatic hydroxyl groups is 1. The van der Waals surface area contributed by atoms with E-state index in [1.54, 1.807) is 12.1 Å². The van der Waals surface area contributed by atoms with E-state index in [9.17, 15) is 19.1 Å². The average Bonchev–Trinajstić information content (AvgIpc) is 2.78. The maximum Gasteiger partial charge on any atom is 0.261 e. The summed E-state index contributed by atoms with van der Waals surface area (Å²) in [6, 6.07) is 10.7. The number of rotatable bonds is 4. The van der Waals surface area contributed by atoms with Crippen LogP contribution in [0.1, 0.15) is 47.7 Å². The van der Waals surface area contributed by atoms with Crippen LogP contribution in [0.4, 0.5) is 10.1 Å². The lowest BCUT2D eigenvalue weighted by Gasteiger charge is -2.20. The zero-order chi connectivity index (χ0) is 17.5. The summed E-state index contributed by atoms with van der Waals surface area (Å²) in [5.41, 5.74) is -0.126. The Kier molecular flexibility index (Phi) is 3.97. The molecule has 0 saturated heterocycles. The number of Topliss-reactive ketones (excluding diaryl/α,β-unsaturated/α-hetero) is 1. The summed E-state index contributed by atoms with van der Waals surface area (Å²) >= 11 is 0. The molecule has 0 unspecified atom stereocenters. The van der Waals surface area contributed by atoms with Gasteiger partial charge in [0.2, 0.25) is 0 Å². The Balaban J connectivity index is 1.89. The summed E-state index contributed by atoms with van der Waals surface area (Å²) in [4.78, 5) is 24.6. The van der Waals surface area contributed by atoms with Crippen molar-refractivity contribution < 1.29 is 19.1 Å². The second-order valence-corrected chi connectivity index (χ2v) is 6.38. The van der Waals surface area contributed by atoms with Gasteiger partial charge in [0.15, 0.2) is 11.4 Å². The molecule has 0 spiro atoms. The largest absolute Gasteiger partial charge is 0.375 e. The summed E-state index contributed by atoms with van der Waals surface area (Å²) in [6.07, 6.45) is -0.434. The lowest BCUT2D eigenvalue weighted by molar-refractivity contribution is -0.133. The maximum atomic E-state index is 13.5. The smallest absolute Gasteiger partial charge is 0.261 e. The van der Waals surface area contributed by atoms with Gasteiger partial charge in [0.25, 0.3) is 5.91 Å². The number of ketones is 1. The van der Waals surface area contributed by atoms with E-state index in [4.69, 9.17) is 0 Å². The van der Waals surface area contributed by atoms with Gasteiger partial charge in [0, 0.05) is 16.8 Å². The van der Waals surface area contributed by atoms with Gasteiger partial charge >= 0.3 is 0 Å². The summed E-state index contributed by atoms with van der Waals surface area (Å²) in [5.74, 6) is -1.32. The first kappa shape index (κ1) is 16.3. The van der Waals surface area contributed by atoms with Crippen molar-refractivity contribution in [3.8, 4) is 0 Å². The Hall–Kier alpha value is -2.53. The molecule has 0 saturated carbocycles. The van der Waals surface area contributed by atoms with Gasteiger partial charge in [-0.3, -0.25) is 9.59 Å². The van der Waals surface area contributed by atoms with Crippen molar-refractivity contribution in [1.82, 2.24) is 0 Å². The zero-order valence-electron chi connectivity index (χ0n) is 13.5. The number of halogens is 1. The second-order valence-electron chi connectivity index (χ2n) is 6.38. The van der Waals surface area contributed by atoms with Gasteiger partial charge in [-0.2, -0.15) is 0 Å². The van der Waals surface area contributed by atoms with Crippen LogP contribution in [-0.4, -0.2) is 16.8 Å². The number of hydrogen-bond donors (Lipinski definition) is 2. The third kappa shape index (κ3) is 2.71. The molecule has 1 aliphatic heterocycles. The maximum absolute atomic E-state index is 13.5. The molecule has 24 heavy (non-hydrogen) atoms. The quantitative estimate of drug-likeness (QED) is 0.846. The normalized spacial score (nSPS) is 19.3. The van der Waals surface area contributed by atoms with E-state index < -0.39 is 23.7 Å². The average molecular weight is 327 g/mol. The molecule has 5 heteroatoms. The SMILES string of the molecule is CC(C)c1ccc(C(=O)C[C@@]2(O)C(=O)Nc3ccc(F)cc32)cc1. The molecular weight excluding hydrogens is 309 g/mol. The van der Waals surface area contributed by atoms with Gasteiger partial charge in [0.1, 0.15) is 5.82 Å². The molecule has 0 fully saturated rings. The number of carbonyl (C=O) groups excluding carboxylic acids is 2. The molecule has 0 bridgehead atoms. The molecule has 4 nitrogen and oxygen atoms in total. The van der Waals surface area contributed by atoms with Gasteiger partial charge in [-0.15, -0.1) is 0 Å². The predicted molar refractivity (Wildman–Crippen MR) is 88.4 cm³/mol. The fourth-order valence-corrected chi connectivity index (χ4v) is 2.88. The van der Waals surface area contributed by atoms with Crippen LogP contribution in [0.25, 0.3) is 0 Å². The van der Waals surface area contributed by atoms with Crippen molar-refractivity contribution in [3.05, 3.63) is 65.0 Å². The highest BCUT2D eigenvalue weighted by atomic mass is 19.1. The van der Waals surface area contributed by atoms with Crippen LogP contribution in [0, 0.1) is 5.82 Å². The van der Waals surface area contributed by atoms with Crippen molar-refractivity contribution in [2.45, 2.75) is 31.8 Å². The van der Waals surface area contributed by atoms with Gasteiger partial charge in [-0.25, -0.2) is 4.39 Å². The number of benzene rings is 2. The van der Waals surface area contributed by atoms with E-state index >= 15 is 0 Å². The van der Waals surface area contributed by atoms with Crippen molar-refractivity contribution in [1.29, 1.82) is 0 Å². The first-order valence-electron chi connectivity index (χ1n) is 7.78. The van der Waals surface area contributed by atoms with Crippen LogP contribution < -0.4 is 5.32 Å². The Bertz CT molecular complexity index is 814. The lowest BCUT2D eigenvalue weighted by atomic mass is 9.87. The lowest BCUT2D eigenvalue weighted by Crippen LogP contribution is -2.36. The molecule has 0 aliphatic carbocycles. The Labute approximate surface area is 139 Å². The standard InChI is InChI=1S/C19H18FNO3/c1-11(2)12-3-5-13(6-4-12)17(22)10-19(24)15-9-14(20)7-8-16(15)21-18(19)23/h3-9,11,24H,10H2,1-2H3,(H,21,23)/t19-/m0/s1. The monoisotopic (exact) mass is 327 g/mol. The molecule has 1 amide bonds. The first-order valence-corrected chi connectivity index (χ1v) is 7.78. The van der Waals surface area contributed by atoms with E-state index in [1.807, 2.05) is 26.0 Å². The number of carbonyl (C=O) groups is 2. The van der Waals surface area contributed by atoms with E-state index in [2.05, 4.69) is 5.32 Å². The van der Waals surface area contributed by atoms with Gasteiger partial charge in [-0.1, -0.05) is 38.1 Å².